The van der Waals surface area contributed by atoms with Crippen molar-refractivity contribution in [1.82, 2.24) is 0 Å². The van der Waals surface area contributed by atoms with Crippen molar-refractivity contribution in [3.05, 3.63) is 29.8 Å². The maximum Gasteiger partial charge on any atom is 0.201 e. The molecule has 0 spiro atoms. The van der Waals surface area contributed by atoms with Crippen LogP contribution in [0, 0.1) is 16.7 Å². The Balaban J connectivity index is 2.78. The van der Waals surface area contributed by atoms with Crippen molar-refractivity contribution in [3.8, 4) is 6.07 Å². The van der Waals surface area contributed by atoms with Gasteiger partial charge in [-0.15, -0.1) is 0 Å². The first-order chi connectivity index (χ1) is 9.49. The van der Waals surface area contributed by atoms with Gasteiger partial charge < -0.3 is 21.1 Å². The second kappa shape index (κ2) is 7.20. The van der Waals surface area contributed by atoms with Crippen LogP contribution in [0.5, 0.6) is 0 Å². The number of nitriles is 1. The molecule has 1 rings (SSSR count). The quantitative estimate of drug-likeness (QED) is 0.229. The van der Waals surface area contributed by atoms with Gasteiger partial charge in [-0.2, -0.15) is 10.4 Å². The fourth-order valence-corrected chi connectivity index (χ4v) is 1.34. The first-order valence-electron chi connectivity index (χ1n) is 5.64. The zero-order valence-corrected chi connectivity index (χ0v) is 10.5. The number of hydrazone groups is 1. The molecule has 7 N–H and O–H groups in total. The fourth-order valence-electron chi connectivity index (χ4n) is 1.34. The minimum atomic E-state index is -1.25. The SMILES string of the molecule is N#C/C(=N\Nc1ccc(C(O)C(O)CO)cc1)C(=N)N. The van der Waals surface area contributed by atoms with Gasteiger partial charge in [0.05, 0.1) is 12.3 Å². The highest BCUT2D eigenvalue weighted by atomic mass is 16.4. The van der Waals surface area contributed by atoms with E-state index in [1.165, 1.54) is 12.1 Å². The molecule has 0 saturated heterocycles. The summed E-state index contributed by atoms with van der Waals surface area (Å²) in [7, 11) is 0. The van der Waals surface area contributed by atoms with E-state index < -0.39 is 24.7 Å². The summed E-state index contributed by atoms with van der Waals surface area (Å²) in [5.41, 5.74) is 8.35. The first kappa shape index (κ1) is 15.6. The van der Waals surface area contributed by atoms with E-state index in [4.69, 9.17) is 21.5 Å². The molecule has 2 unspecified atom stereocenters. The van der Waals surface area contributed by atoms with Gasteiger partial charge in [0.15, 0.2) is 5.84 Å². The standard InChI is InChI=1S/C12H15N5O3/c13-5-9(12(14)15)17-16-8-3-1-7(2-4-8)11(20)10(19)6-18/h1-4,10-11,16,18-20H,6H2,(H3,14,15)/b17-9+. The smallest absolute Gasteiger partial charge is 0.201 e. The number of anilines is 1. The second-order valence-electron chi connectivity index (χ2n) is 3.91. The van der Waals surface area contributed by atoms with Crippen LogP contribution < -0.4 is 11.2 Å². The minimum absolute atomic E-state index is 0.246. The number of benzene rings is 1. The van der Waals surface area contributed by atoms with Crippen LogP contribution in [-0.4, -0.2) is 39.6 Å². The van der Waals surface area contributed by atoms with Crippen molar-refractivity contribution in [2.45, 2.75) is 12.2 Å². The van der Waals surface area contributed by atoms with Crippen LogP contribution in [-0.2, 0) is 0 Å². The molecule has 2 atom stereocenters. The third-order valence-electron chi connectivity index (χ3n) is 2.46. The molecule has 0 radical (unpaired) electrons. The summed E-state index contributed by atoms with van der Waals surface area (Å²) in [4.78, 5) is 0. The Kier molecular flexibility index (Phi) is 5.61. The number of nitrogens with one attached hydrogen (secondary N) is 2. The molecule has 1 aromatic rings. The van der Waals surface area contributed by atoms with Crippen LogP contribution in [0.15, 0.2) is 29.4 Å². The van der Waals surface area contributed by atoms with E-state index in [0.717, 1.165) is 0 Å². The topological polar surface area (TPSA) is 159 Å². The van der Waals surface area contributed by atoms with Crippen LogP contribution in [0.4, 0.5) is 5.69 Å². The number of nitrogens with two attached hydrogens (primary N) is 1. The monoisotopic (exact) mass is 277 g/mol. The Labute approximate surface area is 115 Å². The molecule has 0 bridgehead atoms. The molecule has 0 fully saturated rings. The number of hydrogen-bond acceptors (Lipinski definition) is 7. The molecule has 0 aliphatic carbocycles. The summed E-state index contributed by atoms with van der Waals surface area (Å²) in [5.74, 6) is -0.446. The van der Waals surface area contributed by atoms with Gasteiger partial charge in [0.1, 0.15) is 18.3 Å². The molecule has 0 aliphatic rings. The molecular weight excluding hydrogens is 262 g/mol. The highest BCUT2D eigenvalue weighted by Crippen LogP contribution is 2.19. The summed E-state index contributed by atoms with van der Waals surface area (Å²) in [6.07, 6.45) is -2.45. The summed E-state index contributed by atoms with van der Waals surface area (Å²) in [6.45, 7) is -0.546. The predicted molar refractivity (Wildman–Crippen MR) is 73.1 cm³/mol. The molecule has 106 valence electrons. The van der Waals surface area contributed by atoms with Gasteiger partial charge in [-0.05, 0) is 17.7 Å². The summed E-state index contributed by atoms with van der Waals surface area (Å²) in [5, 5.41) is 47.1. The van der Waals surface area contributed by atoms with E-state index in [2.05, 4.69) is 10.5 Å². The molecule has 0 saturated carbocycles. The van der Waals surface area contributed by atoms with Crippen LogP contribution in [0.25, 0.3) is 0 Å². The molecule has 0 heterocycles. The van der Waals surface area contributed by atoms with Gasteiger partial charge in [-0.3, -0.25) is 10.8 Å². The van der Waals surface area contributed by atoms with Gasteiger partial charge in [-0.1, -0.05) is 12.1 Å². The Morgan fingerprint density at radius 2 is 2.00 bits per heavy atom. The van der Waals surface area contributed by atoms with Gasteiger partial charge >= 0.3 is 0 Å². The van der Waals surface area contributed by atoms with Crippen molar-refractivity contribution in [2.75, 3.05) is 12.0 Å². The second-order valence-corrected chi connectivity index (χ2v) is 3.91. The number of hydrogen-bond donors (Lipinski definition) is 6. The molecule has 0 aromatic heterocycles. The van der Waals surface area contributed by atoms with Crippen molar-refractivity contribution < 1.29 is 15.3 Å². The molecule has 8 heteroatoms. The summed E-state index contributed by atoms with van der Waals surface area (Å²) in [6, 6.07) is 7.83. The summed E-state index contributed by atoms with van der Waals surface area (Å²) >= 11 is 0. The first-order valence-corrected chi connectivity index (χ1v) is 5.64. The average molecular weight is 277 g/mol. The number of rotatable bonds is 6. The Bertz CT molecular complexity index is 535. The lowest BCUT2D eigenvalue weighted by Crippen LogP contribution is -2.22. The third kappa shape index (κ3) is 4.03. The Morgan fingerprint density at radius 3 is 2.45 bits per heavy atom. The zero-order chi connectivity index (χ0) is 15.1. The van der Waals surface area contributed by atoms with Gasteiger partial charge in [0.2, 0.25) is 5.71 Å². The number of aliphatic hydroxyl groups excluding tert-OH is 3. The predicted octanol–water partition coefficient (Wildman–Crippen LogP) is -0.699. The number of amidine groups is 1. The average Bonchev–Trinajstić information content (AvgIpc) is 2.46. The fraction of sp³-hybridized carbons (Fsp3) is 0.250. The Hall–Kier alpha value is -2.47. The van der Waals surface area contributed by atoms with Crippen molar-refractivity contribution in [2.24, 2.45) is 10.8 Å². The molecule has 0 amide bonds. The van der Waals surface area contributed by atoms with Gasteiger partial charge in [-0.25, -0.2) is 0 Å². The molecular formula is C12H15N5O3. The highest BCUT2D eigenvalue weighted by Gasteiger charge is 2.16. The molecule has 8 nitrogen and oxygen atoms in total. The van der Waals surface area contributed by atoms with E-state index in [-0.39, 0.29) is 5.71 Å². The maximum absolute atomic E-state index is 9.66. The van der Waals surface area contributed by atoms with Crippen molar-refractivity contribution >= 4 is 17.2 Å². The van der Waals surface area contributed by atoms with Gasteiger partial charge in [0.25, 0.3) is 0 Å². The maximum atomic E-state index is 9.66. The van der Waals surface area contributed by atoms with E-state index in [1.807, 2.05) is 0 Å². The number of aliphatic hydroxyl groups is 3. The molecule has 1 aromatic carbocycles. The van der Waals surface area contributed by atoms with E-state index >= 15 is 0 Å². The molecule has 20 heavy (non-hydrogen) atoms. The van der Waals surface area contributed by atoms with E-state index in [0.29, 0.717) is 11.3 Å². The number of nitrogens with zero attached hydrogens (tertiary/aromatic N) is 2. The van der Waals surface area contributed by atoms with Crippen molar-refractivity contribution in [3.63, 3.8) is 0 Å². The van der Waals surface area contributed by atoms with Crippen molar-refractivity contribution in [1.29, 1.82) is 10.7 Å². The lowest BCUT2D eigenvalue weighted by Gasteiger charge is -2.16. The molecule has 0 aliphatic heterocycles. The lowest BCUT2D eigenvalue weighted by molar-refractivity contribution is -0.0152. The highest BCUT2D eigenvalue weighted by molar-refractivity contribution is 6.45. The normalized spacial score (nSPS) is 14.2. The largest absolute Gasteiger partial charge is 0.394 e. The van der Waals surface area contributed by atoms with Crippen LogP contribution in [0.1, 0.15) is 11.7 Å². The summed E-state index contributed by atoms with van der Waals surface area (Å²) < 4.78 is 0. The minimum Gasteiger partial charge on any atom is -0.394 e. The Morgan fingerprint density at radius 1 is 1.40 bits per heavy atom. The third-order valence-corrected chi connectivity index (χ3v) is 2.46. The van der Waals surface area contributed by atoms with Crippen LogP contribution in [0.3, 0.4) is 0 Å². The van der Waals surface area contributed by atoms with Crippen LogP contribution >= 0.6 is 0 Å². The van der Waals surface area contributed by atoms with E-state index in [1.54, 1.807) is 18.2 Å². The zero-order valence-electron chi connectivity index (χ0n) is 10.5. The van der Waals surface area contributed by atoms with E-state index in [9.17, 15) is 10.2 Å². The van der Waals surface area contributed by atoms with Gasteiger partial charge in [0, 0.05) is 0 Å². The lowest BCUT2D eigenvalue weighted by atomic mass is 10.0. The van der Waals surface area contributed by atoms with Crippen LogP contribution in [0.2, 0.25) is 0 Å².